The molecule has 146 valence electrons. The monoisotopic (exact) mass is 378 g/mol. The third-order valence-electron chi connectivity index (χ3n) is 5.45. The van der Waals surface area contributed by atoms with Crippen molar-refractivity contribution in [2.24, 2.45) is 5.92 Å². The van der Waals surface area contributed by atoms with Gasteiger partial charge in [0.05, 0.1) is 5.69 Å². The second-order valence-electron chi connectivity index (χ2n) is 7.44. The molecule has 1 fully saturated rings. The van der Waals surface area contributed by atoms with Gasteiger partial charge in [0.2, 0.25) is 11.9 Å². The Bertz CT molecular complexity index is 989. The number of hydrogen-bond acceptors (Lipinski definition) is 5. The molecule has 0 unspecified atom stereocenters. The summed E-state index contributed by atoms with van der Waals surface area (Å²) in [4.78, 5) is 25.5. The molecule has 0 bridgehead atoms. The van der Waals surface area contributed by atoms with E-state index in [9.17, 15) is 4.79 Å². The number of benzene rings is 1. The molecule has 3 aromatic rings. The van der Waals surface area contributed by atoms with Crippen molar-refractivity contribution >= 4 is 17.6 Å². The second kappa shape index (κ2) is 7.58. The van der Waals surface area contributed by atoms with Crippen molar-refractivity contribution in [1.82, 2.24) is 24.5 Å². The van der Waals surface area contributed by atoms with E-state index in [2.05, 4.69) is 46.9 Å². The minimum atomic E-state index is 0.0842. The Hall–Kier alpha value is -2.96. The van der Waals surface area contributed by atoms with Gasteiger partial charge in [0.15, 0.2) is 0 Å². The van der Waals surface area contributed by atoms with Crippen LogP contribution >= 0.6 is 0 Å². The Morgan fingerprint density at radius 3 is 2.68 bits per heavy atom. The summed E-state index contributed by atoms with van der Waals surface area (Å²) in [5, 5.41) is 4.73. The van der Waals surface area contributed by atoms with Crippen LogP contribution in [-0.2, 0) is 4.79 Å². The Morgan fingerprint density at radius 1 is 1.18 bits per heavy atom. The van der Waals surface area contributed by atoms with Gasteiger partial charge >= 0.3 is 0 Å². The van der Waals surface area contributed by atoms with Gasteiger partial charge in [0, 0.05) is 43.9 Å². The van der Waals surface area contributed by atoms with Gasteiger partial charge in [0.25, 0.3) is 5.78 Å². The number of aromatic nitrogens is 4. The number of hydrogen-bond donors (Lipinski definition) is 0. The van der Waals surface area contributed by atoms with Crippen LogP contribution in [0.1, 0.15) is 25.8 Å². The number of rotatable bonds is 4. The van der Waals surface area contributed by atoms with Gasteiger partial charge < -0.3 is 9.80 Å². The average Bonchev–Trinajstić information content (AvgIpc) is 3.17. The number of carbonyl (C=O) groups excluding carboxylic acids is 1. The van der Waals surface area contributed by atoms with Gasteiger partial charge in [-0.3, -0.25) is 4.79 Å². The van der Waals surface area contributed by atoms with Gasteiger partial charge in [-0.15, -0.1) is 5.10 Å². The van der Waals surface area contributed by atoms with Crippen LogP contribution < -0.4 is 4.90 Å². The average molecular weight is 378 g/mol. The molecule has 1 aliphatic rings. The fraction of sp³-hybridized carbons (Fsp3) is 0.429. The molecular weight excluding hydrogens is 352 g/mol. The molecule has 7 nitrogen and oxygen atoms in total. The van der Waals surface area contributed by atoms with E-state index in [0.717, 1.165) is 30.8 Å². The second-order valence-corrected chi connectivity index (χ2v) is 7.44. The number of amides is 1. The first-order valence-corrected chi connectivity index (χ1v) is 9.89. The highest BCUT2D eigenvalue weighted by molar-refractivity contribution is 5.78. The fourth-order valence-electron chi connectivity index (χ4n) is 3.55. The zero-order valence-electron chi connectivity index (χ0n) is 16.7. The summed E-state index contributed by atoms with van der Waals surface area (Å²) >= 11 is 0. The summed E-state index contributed by atoms with van der Waals surface area (Å²) in [6.45, 7) is 9.01. The van der Waals surface area contributed by atoms with Crippen LogP contribution in [0.5, 0.6) is 0 Å². The maximum Gasteiger partial charge on any atom is 0.254 e. The van der Waals surface area contributed by atoms with Crippen LogP contribution in [0.4, 0.5) is 5.95 Å². The number of nitrogens with zero attached hydrogens (tertiary/aromatic N) is 6. The SMILES string of the molecule is CC[C@@H](C)C(=O)N1CCN(c2nc3nccc(-c4cccc(C)c4)n3n2)CC1. The molecule has 1 aliphatic heterocycles. The van der Waals surface area contributed by atoms with Gasteiger partial charge in [0.1, 0.15) is 0 Å². The standard InChI is InChI=1S/C21H26N6O/c1-4-16(3)19(28)25-10-12-26(13-11-25)21-23-20-22-9-8-18(27(20)24-21)17-7-5-6-15(2)14-17/h5-9,14,16H,4,10-13H2,1-3H3/t16-/m1/s1. The van der Waals surface area contributed by atoms with Crippen molar-refractivity contribution in [3.8, 4) is 11.3 Å². The summed E-state index contributed by atoms with van der Waals surface area (Å²) in [7, 11) is 0. The molecule has 1 atom stereocenters. The predicted molar refractivity (Wildman–Crippen MR) is 109 cm³/mol. The van der Waals surface area contributed by atoms with Crippen LogP contribution in [0.3, 0.4) is 0 Å². The molecule has 4 rings (SSSR count). The molecule has 1 saturated heterocycles. The quantitative estimate of drug-likeness (QED) is 0.698. The van der Waals surface area contributed by atoms with Crippen molar-refractivity contribution in [2.75, 3.05) is 31.1 Å². The third kappa shape index (κ3) is 3.44. The number of piperazine rings is 1. The highest BCUT2D eigenvalue weighted by atomic mass is 16.2. The normalized spacial score (nSPS) is 15.8. The van der Waals surface area contributed by atoms with E-state index in [1.165, 1.54) is 5.56 Å². The van der Waals surface area contributed by atoms with Gasteiger partial charge in [-0.1, -0.05) is 37.6 Å². The highest BCUT2D eigenvalue weighted by Gasteiger charge is 2.26. The number of carbonyl (C=O) groups is 1. The molecule has 0 saturated carbocycles. The van der Waals surface area contributed by atoms with Crippen molar-refractivity contribution in [1.29, 1.82) is 0 Å². The van der Waals surface area contributed by atoms with Crippen molar-refractivity contribution in [2.45, 2.75) is 27.2 Å². The maximum atomic E-state index is 12.4. The lowest BCUT2D eigenvalue weighted by atomic mass is 10.1. The Kier molecular flexibility index (Phi) is 4.98. The minimum absolute atomic E-state index is 0.0842. The molecule has 2 aromatic heterocycles. The van der Waals surface area contributed by atoms with E-state index in [4.69, 9.17) is 5.10 Å². The van der Waals surface area contributed by atoms with E-state index in [0.29, 0.717) is 24.8 Å². The molecule has 0 aliphatic carbocycles. The highest BCUT2D eigenvalue weighted by Crippen LogP contribution is 2.22. The number of aryl methyl sites for hydroxylation is 1. The van der Waals surface area contributed by atoms with E-state index in [1.807, 2.05) is 24.0 Å². The first kappa shape index (κ1) is 18.4. The van der Waals surface area contributed by atoms with Crippen LogP contribution in [-0.4, -0.2) is 56.6 Å². The van der Waals surface area contributed by atoms with Crippen LogP contribution in [0.2, 0.25) is 0 Å². The smallest absolute Gasteiger partial charge is 0.254 e. The summed E-state index contributed by atoms with van der Waals surface area (Å²) in [6.07, 6.45) is 2.65. The van der Waals surface area contributed by atoms with Crippen molar-refractivity contribution in [3.05, 3.63) is 42.1 Å². The van der Waals surface area contributed by atoms with E-state index < -0.39 is 0 Å². The van der Waals surface area contributed by atoms with Crippen LogP contribution in [0.25, 0.3) is 17.0 Å². The molecule has 28 heavy (non-hydrogen) atoms. The van der Waals surface area contributed by atoms with Crippen LogP contribution in [0.15, 0.2) is 36.5 Å². The first-order valence-electron chi connectivity index (χ1n) is 9.89. The topological polar surface area (TPSA) is 66.6 Å². The predicted octanol–water partition coefficient (Wildman–Crippen LogP) is 2.79. The Morgan fingerprint density at radius 2 is 1.96 bits per heavy atom. The lowest BCUT2D eigenvalue weighted by Crippen LogP contribution is -2.50. The zero-order valence-corrected chi connectivity index (χ0v) is 16.7. The van der Waals surface area contributed by atoms with Crippen LogP contribution in [0, 0.1) is 12.8 Å². The third-order valence-corrected chi connectivity index (χ3v) is 5.45. The van der Waals surface area contributed by atoms with E-state index >= 15 is 0 Å². The first-order chi connectivity index (χ1) is 13.6. The summed E-state index contributed by atoms with van der Waals surface area (Å²) in [5.41, 5.74) is 3.26. The van der Waals surface area contributed by atoms with Crippen molar-refractivity contribution in [3.63, 3.8) is 0 Å². The minimum Gasteiger partial charge on any atom is -0.339 e. The molecule has 0 N–H and O–H groups in total. The van der Waals surface area contributed by atoms with Crippen molar-refractivity contribution < 1.29 is 4.79 Å². The van der Waals surface area contributed by atoms with E-state index in [1.54, 1.807) is 10.7 Å². The lowest BCUT2D eigenvalue weighted by molar-refractivity contribution is -0.135. The molecular formula is C21H26N6O. The number of fused-ring (bicyclic) bond motifs is 1. The summed E-state index contributed by atoms with van der Waals surface area (Å²) < 4.78 is 1.81. The van der Waals surface area contributed by atoms with Gasteiger partial charge in [-0.2, -0.15) is 9.50 Å². The summed E-state index contributed by atoms with van der Waals surface area (Å²) in [5.74, 6) is 1.59. The van der Waals surface area contributed by atoms with Gasteiger partial charge in [-0.05, 0) is 25.5 Å². The zero-order chi connectivity index (χ0) is 19.7. The fourth-order valence-corrected chi connectivity index (χ4v) is 3.55. The molecule has 7 heteroatoms. The Balaban J connectivity index is 1.56. The molecule has 1 aromatic carbocycles. The van der Waals surface area contributed by atoms with Gasteiger partial charge in [-0.25, -0.2) is 4.98 Å². The number of anilines is 1. The Labute approximate surface area is 165 Å². The molecule has 3 heterocycles. The molecule has 0 spiro atoms. The van der Waals surface area contributed by atoms with E-state index in [-0.39, 0.29) is 11.8 Å². The maximum absolute atomic E-state index is 12.4. The lowest BCUT2D eigenvalue weighted by Gasteiger charge is -2.35. The molecule has 0 radical (unpaired) electrons. The largest absolute Gasteiger partial charge is 0.339 e. The molecule has 1 amide bonds. The summed E-state index contributed by atoms with van der Waals surface area (Å²) in [6, 6.07) is 10.3.